The van der Waals surface area contributed by atoms with Gasteiger partial charge in [-0.25, -0.2) is 0 Å². The lowest BCUT2D eigenvalue weighted by atomic mass is 10.0. The van der Waals surface area contributed by atoms with Crippen LogP contribution in [0.4, 0.5) is 0 Å². The van der Waals surface area contributed by atoms with E-state index in [0.717, 1.165) is 0 Å². The minimum atomic E-state index is -0.967. The van der Waals surface area contributed by atoms with Crippen LogP contribution >= 0.6 is 0 Å². The molecule has 2 amide bonds. The van der Waals surface area contributed by atoms with Gasteiger partial charge in [-0.3, -0.25) is 14.6 Å². The highest BCUT2D eigenvalue weighted by Crippen LogP contribution is 2.30. The van der Waals surface area contributed by atoms with Crippen molar-refractivity contribution in [3.63, 3.8) is 0 Å². The first-order valence-corrected chi connectivity index (χ1v) is 8.11. The minimum absolute atomic E-state index is 0.0712. The first-order valence-electron chi connectivity index (χ1n) is 8.11. The molecule has 3 heterocycles. The third-order valence-corrected chi connectivity index (χ3v) is 4.13. The molecule has 2 atom stereocenters. The maximum Gasteiger partial charge on any atom is 0.259 e. The number of aromatic nitrogens is 2. The molecule has 8 nitrogen and oxygen atoms in total. The van der Waals surface area contributed by atoms with E-state index in [-0.39, 0.29) is 29.2 Å². The fourth-order valence-electron chi connectivity index (χ4n) is 3.00. The van der Waals surface area contributed by atoms with E-state index in [2.05, 4.69) is 15.5 Å². The SMILES string of the molecule is CC(=O)N[C@@H]1CCN(C(=O)c2c(-c3cccnc3)noc2[C@H](C)O)C1. The summed E-state index contributed by atoms with van der Waals surface area (Å²) in [6, 6.07) is 3.44. The van der Waals surface area contributed by atoms with E-state index in [4.69, 9.17) is 4.52 Å². The fourth-order valence-corrected chi connectivity index (χ4v) is 3.00. The van der Waals surface area contributed by atoms with Crippen LogP contribution < -0.4 is 5.32 Å². The summed E-state index contributed by atoms with van der Waals surface area (Å²) in [6.07, 6.45) is 2.93. The third-order valence-electron chi connectivity index (χ3n) is 4.13. The van der Waals surface area contributed by atoms with Gasteiger partial charge in [0.1, 0.15) is 17.4 Å². The van der Waals surface area contributed by atoms with Crippen LogP contribution in [0.5, 0.6) is 0 Å². The molecule has 1 saturated heterocycles. The van der Waals surface area contributed by atoms with Gasteiger partial charge in [0.2, 0.25) is 5.91 Å². The van der Waals surface area contributed by atoms with Crippen LogP contribution in [-0.2, 0) is 4.79 Å². The average molecular weight is 344 g/mol. The van der Waals surface area contributed by atoms with Gasteiger partial charge in [0.25, 0.3) is 5.91 Å². The van der Waals surface area contributed by atoms with E-state index >= 15 is 0 Å². The molecule has 0 saturated carbocycles. The summed E-state index contributed by atoms with van der Waals surface area (Å²) in [6.45, 7) is 3.90. The number of pyridine rings is 1. The molecular weight excluding hydrogens is 324 g/mol. The van der Waals surface area contributed by atoms with Crippen LogP contribution in [0, 0.1) is 0 Å². The van der Waals surface area contributed by atoms with E-state index in [1.165, 1.54) is 13.8 Å². The van der Waals surface area contributed by atoms with Gasteiger partial charge in [0.05, 0.1) is 0 Å². The molecule has 0 bridgehead atoms. The molecule has 0 aliphatic carbocycles. The number of carbonyl (C=O) groups is 2. The van der Waals surface area contributed by atoms with Crippen molar-refractivity contribution in [1.29, 1.82) is 0 Å². The number of nitrogens with one attached hydrogen (secondary N) is 1. The van der Waals surface area contributed by atoms with Gasteiger partial charge in [-0.05, 0) is 25.5 Å². The normalized spacial score (nSPS) is 18.2. The lowest BCUT2D eigenvalue weighted by Crippen LogP contribution is -2.37. The molecule has 8 heteroatoms. The molecule has 1 aliphatic heterocycles. The number of amides is 2. The van der Waals surface area contributed by atoms with Crippen molar-refractivity contribution in [1.82, 2.24) is 20.4 Å². The van der Waals surface area contributed by atoms with Crippen LogP contribution in [0.15, 0.2) is 29.0 Å². The van der Waals surface area contributed by atoms with Crippen molar-refractivity contribution >= 4 is 11.8 Å². The number of hydrogen-bond donors (Lipinski definition) is 2. The molecule has 0 spiro atoms. The van der Waals surface area contributed by atoms with Crippen molar-refractivity contribution in [2.45, 2.75) is 32.4 Å². The second-order valence-corrected chi connectivity index (χ2v) is 6.13. The van der Waals surface area contributed by atoms with Crippen LogP contribution in [0.2, 0.25) is 0 Å². The topological polar surface area (TPSA) is 109 Å². The highest BCUT2D eigenvalue weighted by Gasteiger charge is 2.34. The standard InChI is InChI=1S/C17H20N4O4/c1-10(22)16-14(15(20-25-16)12-4-3-6-18-8-12)17(24)21-7-5-13(9-21)19-11(2)23/h3-4,6,8,10,13,22H,5,7,9H2,1-2H3,(H,19,23)/t10-,13+/m0/s1. The third kappa shape index (κ3) is 3.53. The summed E-state index contributed by atoms with van der Waals surface area (Å²) in [5, 5.41) is 16.7. The van der Waals surface area contributed by atoms with Gasteiger partial charge < -0.3 is 19.8 Å². The summed E-state index contributed by atoms with van der Waals surface area (Å²) in [5.74, 6) is -0.263. The lowest BCUT2D eigenvalue weighted by Gasteiger charge is -2.17. The summed E-state index contributed by atoms with van der Waals surface area (Å²) < 4.78 is 5.24. The number of aliphatic hydroxyl groups excluding tert-OH is 1. The maximum absolute atomic E-state index is 13.0. The summed E-state index contributed by atoms with van der Waals surface area (Å²) >= 11 is 0. The maximum atomic E-state index is 13.0. The number of carbonyl (C=O) groups excluding carboxylic acids is 2. The zero-order valence-corrected chi connectivity index (χ0v) is 14.1. The van der Waals surface area contributed by atoms with E-state index in [0.29, 0.717) is 30.8 Å². The fraction of sp³-hybridized carbons (Fsp3) is 0.412. The Morgan fingerprint density at radius 2 is 2.28 bits per heavy atom. The molecule has 2 aromatic heterocycles. The van der Waals surface area contributed by atoms with Crippen molar-refractivity contribution in [3.8, 4) is 11.3 Å². The van der Waals surface area contributed by atoms with Crippen molar-refractivity contribution in [2.75, 3.05) is 13.1 Å². The van der Waals surface area contributed by atoms with E-state index < -0.39 is 6.10 Å². The molecule has 2 N–H and O–H groups in total. The first-order chi connectivity index (χ1) is 12.0. The molecule has 1 fully saturated rings. The number of rotatable bonds is 4. The smallest absolute Gasteiger partial charge is 0.259 e. The molecule has 0 radical (unpaired) electrons. The summed E-state index contributed by atoms with van der Waals surface area (Å²) in [4.78, 5) is 29.9. The van der Waals surface area contributed by atoms with E-state index in [9.17, 15) is 14.7 Å². The van der Waals surface area contributed by atoms with E-state index in [1.54, 1.807) is 29.4 Å². The van der Waals surface area contributed by atoms with Gasteiger partial charge >= 0.3 is 0 Å². The predicted octanol–water partition coefficient (Wildman–Crippen LogP) is 1.14. The van der Waals surface area contributed by atoms with E-state index in [1.807, 2.05) is 0 Å². The second kappa shape index (κ2) is 7.02. The summed E-state index contributed by atoms with van der Waals surface area (Å²) in [5.41, 5.74) is 1.24. The van der Waals surface area contributed by atoms with Gasteiger partial charge in [0, 0.05) is 44.0 Å². The Morgan fingerprint density at radius 1 is 1.48 bits per heavy atom. The van der Waals surface area contributed by atoms with Crippen LogP contribution in [0.1, 0.15) is 42.5 Å². The monoisotopic (exact) mass is 344 g/mol. The number of aliphatic hydroxyl groups is 1. The molecule has 2 aromatic rings. The Bertz CT molecular complexity index is 772. The van der Waals surface area contributed by atoms with Gasteiger partial charge in [0.15, 0.2) is 5.76 Å². The number of nitrogens with zero attached hydrogens (tertiary/aromatic N) is 3. The number of hydrogen-bond acceptors (Lipinski definition) is 6. The molecule has 3 rings (SSSR count). The summed E-state index contributed by atoms with van der Waals surface area (Å²) in [7, 11) is 0. The molecule has 1 aliphatic rings. The Balaban J connectivity index is 1.92. The zero-order chi connectivity index (χ0) is 18.0. The minimum Gasteiger partial charge on any atom is -0.385 e. The van der Waals surface area contributed by atoms with Gasteiger partial charge in [-0.1, -0.05) is 5.16 Å². The largest absolute Gasteiger partial charge is 0.385 e. The highest BCUT2D eigenvalue weighted by molar-refractivity contribution is 6.01. The Kier molecular flexibility index (Phi) is 4.80. The quantitative estimate of drug-likeness (QED) is 0.861. The molecule has 0 aromatic carbocycles. The van der Waals surface area contributed by atoms with Crippen molar-refractivity contribution in [2.24, 2.45) is 0 Å². The molecule has 0 unspecified atom stereocenters. The van der Waals surface area contributed by atoms with Crippen molar-refractivity contribution < 1.29 is 19.2 Å². The number of likely N-dealkylation sites (tertiary alicyclic amines) is 1. The highest BCUT2D eigenvalue weighted by atomic mass is 16.5. The second-order valence-electron chi connectivity index (χ2n) is 6.13. The van der Waals surface area contributed by atoms with Crippen LogP contribution in [-0.4, -0.2) is 51.1 Å². The molecular formula is C17H20N4O4. The lowest BCUT2D eigenvalue weighted by molar-refractivity contribution is -0.119. The predicted molar refractivity (Wildman–Crippen MR) is 88.5 cm³/mol. The van der Waals surface area contributed by atoms with Crippen LogP contribution in [0.25, 0.3) is 11.3 Å². The van der Waals surface area contributed by atoms with Gasteiger partial charge in [-0.2, -0.15) is 0 Å². The molecule has 132 valence electrons. The van der Waals surface area contributed by atoms with Gasteiger partial charge in [-0.15, -0.1) is 0 Å². The zero-order valence-electron chi connectivity index (χ0n) is 14.1. The Hall–Kier alpha value is -2.74. The average Bonchev–Trinajstić information content (AvgIpc) is 3.21. The Labute approximate surface area is 144 Å². The Morgan fingerprint density at radius 3 is 2.92 bits per heavy atom. The molecule has 25 heavy (non-hydrogen) atoms. The van der Waals surface area contributed by atoms with Crippen LogP contribution in [0.3, 0.4) is 0 Å². The van der Waals surface area contributed by atoms with Crippen molar-refractivity contribution in [3.05, 3.63) is 35.9 Å². The first kappa shape index (κ1) is 17.1.